The summed E-state index contributed by atoms with van der Waals surface area (Å²) in [6, 6.07) is -0.367. The maximum atomic E-state index is 11.4. The maximum absolute atomic E-state index is 11.4. The predicted molar refractivity (Wildman–Crippen MR) is 54.6 cm³/mol. The van der Waals surface area contributed by atoms with E-state index in [4.69, 9.17) is 9.47 Å². The fourth-order valence-electron chi connectivity index (χ4n) is 1.32. The van der Waals surface area contributed by atoms with Crippen LogP contribution in [0.4, 0.5) is 4.79 Å². The lowest BCUT2D eigenvalue weighted by Gasteiger charge is -2.29. The molecule has 15 heavy (non-hydrogen) atoms. The van der Waals surface area contributed by atoms with E-state index < -0.39 is 17.8 Å². The van der Waals surface area contributed by atoms with E-state index in [1.54, 1.807) is 20.8 Å². The molecule has 1 fully saturated rings. The van der Waals surface area contributed by atoms with Crippen molar-refractivity contribution in [3.8, 4) is 0 Å². The first-order valence-corrected chi connectivity index (χ1v) is 5.14. The van der Waals surface area contributed by atoms with Gasteiger partial charge >= 0.3 is 6.09 Å². The fraction of sp³-hybridized carbons (Fsp3) is 0.900. The molecule has 1 aliphatic heterocycles. The van der Waals surface area contributed by atoms with Crippen LogP contribution in [0.3, 0.4) is 0 Å². The first kappa shape index (κ1) is 12.3. The summed E-state index contributed by atoms with van der Waals surface area (Å²) in [5, 5.41) is 12.2. The van der Waals surface area contributed by atoms with Crippen molar-refractivity contribution in [3.63, 3.8) is 0 Å². The summed E-state index contributed by atoms with van der Waals surface area (Å²) in [6.45, 7) is 6.25. The zero-order valence-electron chi connectivity index (χ0n) is 9.45. The van der Waals surface area contributed by atoms with Gasteiger partial charge in [0.2, 0.25) is 0 Å². The summed E-state index contributed by atoms with van der Waals surface area (Å²) in [7, 11) is 0. The average Bonchev–Trinajstić information content (AvgIpc) is 2.05. The number of aliphatic hydroxyl groups is 1. The van der Waals surface area contributed by atoms with Crippen molar-refractivity contribution >= 4 is 6.09 Å². The van der Waals surface area contributed by atoms with Gasteiger partial charge in [0.1, 0.15) is 5.60 Å². The van der Waals surface area contributed by atoms with Gasteiger partial charge in [0.05, 0.1) is 18.8 Å². The summed E-state index contributed by atoms with van der Waals surface area (Å²) >= 11 is 0. The molecule has 0 spiro atoms. The molecule has 0 saturated carbocycles. The topological polar surface area (TPSA) is 67.8 Å². The van der Waals surface area contributed by atoms with Crippen LogP contribution in [0.15, 0.2) is 0 Å². The Labute approximate surface area is 89.8 Å². The van der Waals surface area contributed by atoms with Gasteiger partial charge in [0.25, 0.3) is 0 Å². The summed E-state index contributed by atoms with van der Waals surface area (Å²) in [5.74, 6) is 0. The number of aliphatic hydroxyl groups excluding tert-OH is 1. The second-order valence-corrected chi connectivity index (χ2v) is 4.68. The van der Waals surface area contributed by atoms with E-state index >= 15 is 0 Å². The minimum absolute atomic E-state index is 0.334. The van der Waals surface area contributed by atoms with E-state index in [1.807, 2.05) is 0 Å². The van der Waals surface area contributed by atoms with E-state index in [9.17, 15) is 9.90 Å². The fourth-order valence-corrected chi connectivity index (χ4v) is 1.32. The molecule has 0 aromatic rings. The third kappa shape index (κ3) is 4.48. The standard InChI is InChI=1S/C10H19NO4/c1-10(2,3)15-9(13)11-7-6-14-5-4-8(7)12/h7-8,12H,4-6H2,1-3H3,(H,11,13)/t7?,8-/m0/s1. The van der Waals surface area contributed by atoms with Crippen LogP contribution in [0.25, 0.3) is 0 Å². The third-order valence-corrected chi connectivity index (χ3v) is 2.02. The van der Waals surface area contributed by atoms with Crippen LogP contribution in [0.5, 0.6) is 0 Å². The minimum Gasteiger partial charge on any atom is -0.444 e. The molecule has 5 heteroatoms. The van der Waals surface area contributed by atoms with Crippen LogP contribution >= 0.6 is 0 Å². The first-order valence-electron chi connectivity index (χ1n) is 5.14. The van der Waals surface area contributed by atoms with Crippen LogP contribution in [-0.2, 0) is 9.47 Å². The molecule has 0 radical (unpaired) electrons. The largest absolute Gasteiger partial charge is 0.444 e. The van der Waals surface area contributed by atoms with Gasteiger partial charge < -0.3 is 19.9 Å². The lowest BCUT2D eigenvalue weighted by Crippen LogP contribution is -2.50. The van der Waals surface area contributed by atoms with Gasteiger partial charge in [-0.15, -0.1) is 0 Å². The van der Waals surface area contributed by atoms with E-state index in [0.717, 1.165) is 0 Å². The molecule has 1 unspecified atom stereocenters. The molecular formula is C10H19NO4. The molecule has 0 aromatic carbocycles. The summed E-state index contributed by atoms with van der Waals surface area (Å²) < 4.78 is 10.2. The summed E-state index contributed by atoms with van der Waals surface area (Å²) in [6.07, 6.45) is -0.524. The highest BCUT2D eigenvalue weighted by Crippen LogP contribution is 2.10. The highest BCUT2D eigenvalue weighted by Gasteiger charge is 2.27. The lowest BCUT2D eigenvalue weighted by molar-refractivity contribution is -0.0211. The van der Waals surface area contributed by atoms with E-state index in [-0.39, 0.29) is 6.04 Å². The molecule has 1 saturated heterocycles. The van der Waals surface area contributed by atoms with E-state index in [2.05, 4.69) is 5.32 Å². The van der Waals surface area contributed by atoms with Crippen molar-refractivity contribution in [2.24, 2.45) is 0 Å². The van der Waals surface area contributed by atoms with Gasteiger partial charge in [0.15, 0.2) is 0 Å². The molecule has 2 N–H and O–H groups in total. The molecular weight excluding hydrogens is 198 g/mol. The van der Waals surface area contributed by atoms with Gasteiger partial charge in [-0.3, -0.25) is 0 Å². The second kappa shape index (κ2) is 4.81. The number of carbonyl (C=O) groups excluding carboxylic acids is 1. The molecule has 5 nitrogen and oxygen atoms in total. The van der Waals surface area contributed by atoms with Crippen molar-refractivity contribution < 1.29 is 19.4 Å². The molecule has 1 amide bonds. The quantitative estimate of drug-likeness (QED) is 0.677. The predicted octanol–water partition coefficient (Wildman–Crippen LogP) is 0.661. The Morgan fingerprint density at radius 2 is 2.20 bits per heavy atom. The molecule has 0 aliphatic carbocycles. The van der Waals surface area contributed by atoms with Crippen molar-refractivity contribution in [1.82, 2.24) is 5.32 Å². The Balaban J connectivity index is 2.36. The molecule has 1 aliphatic rings. The van der Waals surface area contributed by atoms with Crippen LogP contribution in [0.2, 0.25) is 0 Å². The van der Waals surface area contributed by atoms with Gasteiger partial charge in [-0.1, -0.05) is 0 Å². The SMILES string of the molecule is CC(C)(C)OC(=O)NC1COCC[C@@H]1O. The molecule has 88 valence electrons. The van der Waals surface area contributed by atoms with Crippen LogP contribution in [0, 0.1) is 0 Å². The average molecular weight is 217 g/mol. The number of hydrogen-bond acceptors (Lipinski definition) is 4. The Hall–Kier alpha value is -0.810. The van der Waals surface area contributed by atoms with Gasteiger partial charge in [0, 0.05) is 6.61 Å². The number of amides is 1. The monoisotopic (exact) mass is 217 g/mol. The lowest BCUT2D eigenvalue weighted by atomic mass is 10.1. The third-order valence-electron chi connectivity index (χ3n) is 2.02. The Bertz CT molecular complexity index is 224. The molecule has 0 bridgehead atoms. The minimum atomic E-state index is -0.550. The van der Waals surface area contributed by atoms with Gasteiger partial charge in [-0.2, -0.15) is 0 Å². The number of ether oxygens (including phenoxy) is 2. The summed E-state index contributed by atoms with van der Waals surface area (Å²) in [4.78, 5) is 11.4. The molecule has 1 rings (SSSR count). The van der Waals surface area contributed by atoms with Crippen LogP contribution < -0.4 is 5.32 Å². The number of alkyl carbamates (subject to hydrolysis) is 1. The highest BCUT2D eigenvalue weighted by molar-refractivity contribution is 5.68. The first-order chi connectivity index (χ1) is 6.88. The van der Waals surface area contributed by atoms with Gasteiger partial charge in [-0.05, 0) is 27.2 Å². The van der Waals surface area contributed by atoms with Crippen molar-refractivity contribution in [3.05, 3.63) is 0 Å². The smallest absolute Gasteiger partial charge is 0.408 e. The molecule has 1 heterocycles. The highest BCUT2D eigenvalue weighted by atomic mass is 16.6. The summed E-state index contributed by atoms with van der Waals surface area (Å²) in [5.41, 5.74) is -0.523. The second-order valence-electron chi connectivity index (χ2n) is 4.68. The number of rotatable bonds is 1. The van der Waals surface area contributed by atoms with E-state index in [1.165, 1.54) is 0 Å². The number of nitrogens with one attached hydrogen (secondary N) is 1. The Kier molecular flexibility index (Phi) is 3.93. The normalized spacial score (nSPS) is 27.2. The molecule has 0 aromatic heterocycles. The maximum Gasteiger partial charge on any atom is 0.408 e. The van der Waals surface area contributed by atoms with Crippen LogP contribution in [0.1, 0.15) is 27.2 Å². The van der Waals surface area contributed by atoms with Crippen LogP contribution in [-0.4, -0.2) is 42.2 Å². The molecule has 2 atom stereocenters. The Morgan fingerprint density at radius 3 is 2.73 bits per heavy atom. The van der Waals surface area contributed by atoms with Gasteiger partial charge in [-0.25, -0.2) is 4.79 Å². The number of hydrogen-bond donors (Lipinski definition) is 2. The van der Waals surface area contributed by atoms with E-state index in [0.29, 0.717) is 19.6 Å². The van der Waals surface area contributed by atoms with Crippen molar-refractivity contribution in [2.75, 3.05) is 13.2 Å². The number of carbonyl (C=O) groups is 1. The zero-order valence-corrected chi connectivity index (χ0v) is 9.45. The zero-order chi connectivity index (χ0) is 11.5. The van der Waals surface area contributed by atoms with Crippen molar-refractivity contribution in [2.45, 2.75) is 44.9 Å². The Morgan fingerprint density at radius 1 is 1.53 bits per heavy atom. The van der Waals surface area contributed by atoms with Crippen molar-refractivity contribution in [1.29, 1.82) is 0 Å².